The first-order chi connectivity index (χ1) is 17.4. The quantitative estimate of drug-likeness (QED) is 0.466. The van der Waals surface area contributed by atoms with E-state index in [0.29, 0.717) is 5.56 Å². The Kier molecular flexibility index (Phi) is 9.59. The fraction of sp³-hybridized carbons (Fsp3) is 0.500. The average Bonchev–Trinajstić information content (AvgIpc) is 2.74. The molecule has 2 rings (SSSR count). The van der Waals surface area contributed by atoms with Gasteiger partial charge in [-0.2, -0.15) is 0 Å². The van der Waals surface area contributed by atoms with Gasteiger partial charge in [-0.25, -0.2) is 4.79 Å². The molecule has 2 aromatic rings. The summed E-state index contributed by atoms with van der Waals surface area (Å²) in [6.07, 6.45) is -0.518. The topological polar surface area (TPSA) is 108 Å². The summed E-state index contributed by atoms with van der Waals surface area (Å²) in [6.45, 7) is 16.4. The largest absolute Gasteiger partial charge is 0.508 e. The zero-order valence-corrected chi connectivity index (χ0v) is 24.1. The van der Waals surface area contributed by atoms with Gasteiger partial charge in [0.15, 0.2) is 0 Å². The van der Waals surface area contributed by atoms with Crippen molar-refractivity contribution in [2.75, 3.05) is 0 Å². The number of alkyl carbamates (subject to hydrolysis) is 1. The molecule has 0 fully saturated rings. The average molecular weight is 526 g/mol. The number of nitrogens with zero attached hydrogens (tertiary/aromatic N) is 1. The van der Waals surface area contributed by atoms with Gasteiger partial charge in [-0.15, -0.1) is 0 Å². The molecule has 0 aliphatic rings. The fourth-order valence-electron chi connectivity index (χ4n) is 4.02. The molecule has 8 heteroatoms. The Morgan fingerprint density at radius 3 is 1.89 bits per heavy atom. The summed E-state index contributed by atoms with van der Waals surface area (Å²) in [5.41, 5.74) is -0.758. The first-order valence-electron chi connectivity index (χ1n) is 12.8. The van der Waals surface area contributed by atoms with Crippen LogP contribution in [0.25, 0.3) is 0 Å². The lowest BCUT2D eigenvalue weighted by Crippen LogP contribution is -2.60. The monoisotopic (exact) mass is 525 g/mol. The minimum absolute atomic E-state index is 0.0471. The van der Waals surface area contributed by atoms with E-state index in [4.69, 9.17) is 4.74 Å². The Morgan fingerprint density at radius 2 is 1.42 bits per heavy atom. The Labute approximate surface area is 226 Å². The number of ether oxygens (including phenoxy) is 1. The van der Waals surface area contributed by atoms with Crippen LogP contribution < -0.4 is 10.6 Å². The number of phenolic OH excluding ortho intramolecular Hbond substituents is 1. The minimum Gasteiger partial charge on any atom is -0.508 e. The highest BCUT2D eigenvalue weighted by Gasteiger charge is 2.42. The molecule has 38 heavy (non-hydrogen) atoms. The molecule has 2 unspecified atom stereocenters. The van der Waals surface area contributed by atoms with Crippen LogP contribution in [0.1, 0.15) is 79.5 Å². The van der Waals surface area contributed by atoms with E-state index in [0.717, 1.165) is 5.56 Å². The standard InChI is InChI=1S/C30H43N3O5/c1-28(2,3)32-25(35)24(21-15-17-22(34)18-16-21)33(29(4,5)6)26(36)23(19-20-13-11-10-12-14-20)31-27(37)38-30(7,8)9/h10-18,23-24,34H,19H2,1-9H3,(H,31,37)(H,32,35). The van der Waals surface area contributed by atoms with E-state index in [-0.39, 0.29) is 18.1 Å². The van der Waals surface area contributed by atoms with Crippen molar-refractivity contribution in [1.82, 2.24) is 15.5 Å². The molecule has 0 saturated carbocycles. The summed E-state index contributed by atoms with van der Waals surface area (Å²) < 4.78 is 5.47. The van der Waals surface area contributed by atoms with E-state index >= 15 is 0 Å². The Balaban J connectivity index is 2.61. The molecule has 0 aromatic heterocycles. The summed E-state index contributed by atoms with van der Waals surface area (Å²) in [6, 6.07) is 13.5. The van der Waals surface area contributed by atoms with Gasteiger partial charge in [0.25, 0.3) is 0 Å². The van der Waals surface area contributed by atoms with E-state index in [9.17, 15) is 19.5 Å². The van der Waals surface area contributed by atoms with Crippen LogP contribution in [0.4, 0.5) is 4.79 Å². The highest BCUT2D eigenvalue weighted by Crippen LogP contribution is 2.32. The van der Waals surface area contributed by atoms with Crippen LogP contribution in [-0.4, -0.2) is 50.6 Å². The SMILES string of the molecule is CC(C)(C)NC(=O)C(c1ccc(O)cc1)N(C(=O)C(Cc1ccccc1)NC(=O)OC(C)(C)C)C(C)(C)C. The Hall–Kier alpha value is -3.55. The number of rotatable bonds is 7. The number of benzene rings is 2. The van der Waals surface area contributed by atoms with E-state index < -0.39 is 40.8 Å². The second kappa shape index (κ2) is 11.9. The number of aromatic hydroxyl groups is 1. The molecule has 8 nitrogen and oxygen atoms in total. The van der Waals surface area contributed by atoms with Gasteiger partial charge < -0.3 is 25.4 Å². The lowest BCUT2D eigenvalue weighted by atomic mass is 9.93. The van der Waals surface area contributed by atoms with Crippen LogP contribution in [0.15, 0.2) is 54.6 Å². The summed E-state index contributed by atoms with van der Waals surface area (Å²) in [7, 11) is 0. The van der Waals surface area contributed by atoms with Crippen LogP contribution >= 0.6 is 0 Å². The van der Waals surface area contributed by atoms with Crippen molar-refractivity contribution < 1.29 is 24.2 Å². The molecule has 0 spiro atoms. The number of carbonyl (C=O) groups excluding carboxylic acids is 3. The summed E-state index contributed by atoms with van der Waals surface area (Å²) in [5, 5.41) is 15.6. The van der Waals surface area contributed by atoms with Gasteiger partial charge in [-0.1, -0.05) is 42.5 Å². The fourth-order valence-corrected chi connectivity index (χ4v) is 4.02. The Morgan fingerprint density at radius 1 is 0.868 bits per heavy atom. The molecule has 0 saturated heterocycles. The lowest BCUT2D eigenvalue weighted by Gasteiger charge is -2.43. The van der Waals surface area contributed by atoms with Gasteiger partial charge >= 0.3 is 6.09 Å². The van der Waals surface area contributed by atoms with Crippen LogP contribution in [-0.2, 0) is 20.7 Å². The summed E-state index contributed by atoms with van der Waals surface area (Å²) in [5.74, 6) is -0.762. The van der Waals surface area contributed by atoms with Crippen molar-refractivity contribution in [2.45, 2.75) is 97.5 Å². The number of hydrogen-bond donors (Lipinski definition) is 3. The number of amides is 3. The van der Waals surface area contributed by atoms with Crippen molar-refractivity contribution in [3.8, 4) is 5.75 Å². The van der Waals surface area contributed by atoms with E-state index in [1.807, 2.05) is 71.9 Å². The maximum Gasteiger partial charge on any atom is 0.408 e. The zero-order valence-electron chi connectivity index (χ0n) is 24.1. The molecule has 208 valence electrons. The highest BCUT2D eigenvalue weighted by atomic mass is 16.6. The second-order valence-electron chi connectivity index (χ2n) is 12.5. The summed E-state index contributed by atoms with van der Waals surface area (Å²) in [4.78, 5) is 42.5. The van der Waals surface area contributed by atoms with Crippen molar-refractivity contribution in [1.29, 1.82) is 0 Å². The molecule has 2 atom stereocenters. The number of phenols is 1. The van der Waals surface area contributed by atoms with Gasteiger partial charge in [0.1, 0.15) is 23.4 Å². The van der Waals surface area contributed by atoms with Crippen LogP contribution in [0, 0.1) is 0 Å². The van der Waals surface area contributed by atoms with E-state index in [1.54, 1.807) is 32.9 Å². The van der Waals surface area contributed by atoms with Crippen molar-refractivity contribution in [3.05, 3.63) is 65.7 Å². The number of nitrogens with one attached hydrogen (secondary N) is 2. The van der Waals surface area contributed by atoms with Crippen molar-refractivity contribution in [3.63, 3.8) is 0 Å². The minimum atomic E-state index is -1.03. The first-order valence-corrected chi connectivity index (χ1v) is 12.8. The third-order valence-corrected chi connectivity index (χ3v) is 5.45. The van der Waals surface area contributed by atoms with E-state index in [1.165, 1.54) is 17.0 Å². The molecule has 3 N–H and O–H groups in total. The van der Waals surface area contributed by atoms with Crippen LogP contribution in [0.2, 0.25) is 0 Å². The molecule has 3 amide bonds. The first kappa shape index (κ1) is 30.7. The molecule has 0 aliphatic heterocycles. The van der Waals surface area contributed by atoms with Gasteiger partial charge in [-0.05, 0) is 85.6 Å². The van der Waals surface area contributed by atoms with Crippen LogP contribution in [0.5, 0.6) is 5.75 Å². The maximum absolute atomic E-state index is 14.4. The third-order valence-electron chi connectivity index (χ3n) is 5.45. The van der Waals surface area contributed by atoms with E-state index in [2.05, 4.69) is 10.6 Å². The summed E-state index contributed by atoms with van der Waals surface area (Å²) >= 11 is 0. The highest BCUT2D eigenvalue weighted by molar-refractivity contribution is 5.93. The lowest BCUT2D eigenvalue weighted by molar-refractivity contribution is -0.149. The molecule has 0 bridgehead atoms. The second-order valence-corrected chi connectivity index (χ2v) is 12.5. The normalized spacial score (nSPS) is 13.7. The van der Waals surface area contributed by atoms with Crippen molar-refractivity contribution in [2.24, 2.45) is 0 Å². The van der Waals surface area contributed by atoms with Crippen molar-refractivity contribution >= 4 is 17.9 Å². The molecular weight excluding hydrogens is 482 g/mol. The molecule has 2 aromatic carbocycles. The van der Waals surface area contributed by atoms with Gasteiger partial charge in [0, 0.05) is 17.5 Å². The Bertz CT molecular complexity index is 1090. The van der Waals surface area contributed by atoms with Gasteiger partial charge in [-0.3, -0.25) is 9.59 Å². The van der Waals surface area contributed by atoms with Gasteiger partial charge in [0.05, 0.1) is 0 Å². The van der Waals surface area contributed by atoms with Crippen LogP contribution in [0.3, 0.4) is 0 Å². The molecule has 0 heterocycles. The molecular formula is C30H43N3O5. The maximum atomic E-state index is 14.4. The van der Waals surface area contributed by atoms with Gasteiger partial charge in [0.2, 0.25) is 11.8 Å². The predicted octanol–water partition coefficient (Wildman–Crippen LogP) is 5.11. The number of carbonyl (C=O) groups is 3. The third kappa shape index (κ3) is 9.39. The predicted molar refractivity (Wildman–Crippen MR) is 149 cm³/mol. The zero-order chi connectivity index (χ0) is 28.9. The molecule has 0 aliphatic carbocycles. The molecule has 0 radical (unpaired) electrons. The number of hydrogen-bond acceptors (Lipinski definition) is 5. The smallest absolute Gasteiger partial charge is 0.408 e.